The Kier molecular flexibility index (Phi) is 5.38. The molecule has 3 aromatic rings. The number of aromatic nitrogens is 2. The largest absolute Gasteiger partial charge is 0.494 e. The lowest BCUT2D eigenvalue weighted by molar-refractivity contribution is 0.332. The molecule has 2 heterocycles. The molecule has 0 aliphatic heterocycles. The molecular formula is C17H19N3O5S2. The van der Waals surface area contributed by atoms with Crippen LogP contribution in [0.1, 0.15) is 19.5 Å². The number of nitrogens with one attached hydrogen (secondary N) is 1. The summed E-state index contributed by atoms with van der Waals surface area (Å²) in [6, 6.07) is 4.83. The summed E-state index contributed by atoms with van der Waals surface area (Å²) in [5.74, 6) is 0.824. The molecule has 144 valence electrons. The predicted molar refractivity (Wildman–Crippen MR) is 104 cm³/mol. The van der Waals surface area contributed by atoms with E-state index in [1.807, 2.05) is 6.92 Å². The summed E-state index contributed by atoms with van der Waals surface area (Å²) in [6.07, 6.45) is 1.50. The summed E-state index contributed by atoms with van der Waals surface area (Å²) in [6.45, 7) is 5.90. The topological polar surface area (TPSA) is 99.0 Å². The number of rotatable bonds is 7. The first kappa shape index (κ1) is 19.2. The van der Waals surface area contributed by atoms with Crippen LogP contribution in [-0.4, -0.2) is 31.0 Å². The van der Waals surface area contributed by atoms with Crippen molar-refractivity contribution >= 4 is 32.0 Å². The molecule has 0 saturated carbocycles. The fourth-order valence-corrected chi connectivity index (χ4v) is 4.66. The Morgan fingerprint density at radius 2 is 1.96 bits per heavy atom. The maximum atomic E-state index is 13.0. The summed E-state index contributed by atoms with van der Waals surface area (Å²) in [4.78, 5) is 16.9. The van der Waals surface area contributed by atoms with Crippen molar-refractivity contribution in [2.45, 2.75) is 25.7 Å². The van der Waals surface area contributed by atoms with Crippen LogP contribution in [0.25, 0.3) is 4.96 Å². The fourth-order valence-electron chi connectivity index (χ4n) is 2.60. The molecule has 10 heteroatoms. The van der Waals surface area contributed by atoms with E-state index in [0.29, 0.717) is 29.7 Å². The summed E-state index contributed by atoms with van der Waals surface area (Å²) < 4.78 is 40.5. The standard InChI is InChI=1S/C17H19N3O5S2/c1-4-24-12-6-7-14(25-5-2)13(10-12)19-27(22,23)15-11(3)18-17-20(16(15)21)8-9-26-17/h6-10,19H,4-5H2,1-3H3. The summed E-state index contributed by atoms with van der Waals surface area (Å²) >= 11 is 1.26. The van der Waals surface area contributed by atoms with Crippen molar-refractivity contribution in [1.82, 2.24) is 9.38 Å². The Labute approximate surface area is 160 Å². The van der Waals surface area contributed by atoms with Crippen LogP contribution in [0, 0.1) is 6.92 Å². The van der Waals surface area contributed by atoms with E-state index < -0.39 is 20.5 Å². The number of hydrogen-bond donors (Lipinski definition) is 1. The number of nitrogens with zero attached hydrogens (tertiary/aromatic N) is 2. The summed E-state index contributed by atoms with van der Waals surface area (Å²) in [5.41, 5.74) is -0.323. The third-order valence-electron chi connectivity index (χ3n) is 3.67. The molecule has 0 amide bonds. The molecule has 0 unspecified atom stereocenters. The summed E-state index contributed by atoms with van der Waals surface area (Å²) in [5, 5.41) is 1.67. The van der Waals surface area contributed by atoms with Gasteiger partial charge in [0.05, 0.1) is 24.6 Å². The normalized spacial score (nSPS) is 11.5. The Morgan fingerprint density at radius 3 is 2.67 bits per heavy atom. The molecule has 0 fully saturated rings. The molecule has 2 aromatic heterocycles. The highest BCUT2D eigenvalue weighted by atomic mass is 32.2. The van der Waals surface area contributed by atoms with E-state index >= 15 is 0 Å². The molecule has 27 heavy (non-hydrogen) atoms. The van der Waals surface area contributed by atoms with Crippen molar-refractivity contribution in [3.8, 4) is 11.5 Å². The van der Waals surface area contributed by atoms with Gasteiger partial charge in [-0.2, -0.15) is 0 Å². The van der Waals surface area contributed by atoms with Gasteiger partial charge in [-0.15, -0.1) is 11.3 Å². The first-order valence-corrected chi connectivity index (χ1v) is 10.6. The lowest BCUT2D eigenvalue weighted by Gasteiger charge is -2.15. The van der Waals surface area contributed by atoms with Crippen molar-refractivity contribution in [1.29, 1.82) is 0 Å². The number of fused-ring (bicyclic) bond motifs is 1. The molecule has 0 aliphatic rings. The average Bonchev–Trinajstić information content (AvgIpc) is 3.05. The summed E-state index contributed by atoms with van der Waals surface area (Å²) in [7, 11) is -4.19. The Hall–Kier alpha value is -2.59. The van der Waals surface area contributed by atoms with E-state index in [2.05, 4.69) is 9.71 Å². The zero-order valence-corrected chi connectivity index (χ0v) is 16.7. The third-order valence-corrected chi connectivity index (χ3v) is 5.92. The Bertz CT molecular complexity index is 1140. The molecule has 0 aliphatic carbocycles. The Morgan fingerprint density at radius 1 is 1.22 bits per heavy atom. The zero-order chi connectivity index (χ0) is 19.6. The van der Waals surface area contributed by atoms with Crippen LogP contribution in [0.4, 0.5) is 5.69 Å². The molecule has 1 N–H and O–H groups in total. The van der Waals surface area contributed by atoms with Gasteiger partial charge in [0.2, 0.25) is 0 Å². The van der Waals surface area contributed by atoms with Crippen LogP contribution in [0.3, 0.4) is 0 Å². The number of anilines is 1. The molecule has 3 rings (SSSR count). The minimum atomic E-state index is -4.19. The maximum Gasteiger partial charge on any atom is 0.279 e. The second-order valence-electron chi connectivity index (χ2n) is 5.52. The van der Waals surface area contributed by atoms with Gasteiger partial charge in [0, 0.05) is 17.6 Å². The number of sulfonamides is 1. The van der Waals surface area contributed by atoms with Gasteiger partial charge in [-0.3, -0.25) is 13.9 Å². The van der Waals surface area contributed by atoms with Gasteiger partial charge in [0.25, 0.3) is 15.6 Å². The minimum absolute atomic E-state index is 0.133. The molecule has 1 aromatic carbocycles. The van der Waals surface area contributed by atoms with E-state index in [4.69, 9.17) is 9.47 Å². The third kappa shape index (κ3) is 3.76. The zero-order valence-electron chi connectivity index (χ0n) is 15.1. The molecule has 0 spiro atoms. The SMILES string of the molecule is CCOc1ccc(OCC)c(NS(=O)(=O)c2c(C)nc3sccn3c2=O)c1. The minimum Gasteiger partial charge on any atom is -0.494 e. The van der Waals surface area contributed by atoms with E-state index in [9.17, 15) is 13.2 Å². The fraction of sp³-hybridized carbons (Fsp3) is 0.294. The van der Waals surface area contributed by atoms with Crippen LogP contribution in [0.15, 0.2) is 39.5 Å². The number of benzene rings is 1. The second-order valence-corrected chi connectivity index (χ2v) is 8.01. The highest BCUT2D eigenvalue weighted by Gasteiger charge is 2.25. The van der Waals surface area contributed by atoms with E-state index in [1.165, 1.54) is 34.9 Å². The molecule has 8 nitrogen and oxygen atoms in total. The molecule has 0 bridgehead atoms. The number of ether oxygens (including phenoxy) is 2. The van der Waals surface area contributed by atoms with Crippen LogP contribution < -0.4 is 19.8 Å². The van der Waals surface area contributed by atoms with E-state index in [-0.39, 0.29) is 11.4 Å². The Balaban J connectivity index is 2.09. The van der Waals surface area contributed by atoms with Crippen LogP contribution in [0.5, 0.6) is 11.5 Å². The van der Waals surface area contributed by atoms with Gasteiger partial charge < -0.3 is 9.47 Å². The van der Waals surface area contributed by atoms with Crippen LogP contribution >= 0.6 is 11.3 Å². The van der Waals surface area contributed by atoms with Gasteiger partial charge in [0.15, 0.2) is 9.86 Å². The average molecular weight is 409 g/mol. The number of thiazole rings is 1. The smallest absolute Gasteiger partial charge is 0.279 e. The lowest BCUT2D eigenvalue weighted by Crippen LogP contribution is -2.27. The highest BCUT2D eigenvalue weighted by molar-refractivity contribution is 7.92. The first-order chi connectivity index (χ1) is 12.9. The molecule has 0 radical (unpaired) electrons. The van der Waals surface area contributed by atoms with Crippen LogP contribution in [-0.2, 0) is 10.0 Å². The van der Waals surface area contributed by atoms with Crippen molar-refractivity contribution in [3.63, 3.8) is 0 Å². The lowest BCUT2D eigenvalue weighted by atomic mass is 10.3. The van der Waals surface area contributed by atoms with Crippen molar-refractivity contribution in [3.05, 3.63) is 45.8 Å². The van der Waals surface area contributed by atoms with Gasteiger partial charge >= 0.3 is 0 Å². The molecule has 0 atom stereocenters. The highest BCUT2D eigenvalue weighted by Crippen LogP contribution is 2.31. The number of hydrogen-bond acceptors (Lipinski definition) is 7. The molecular weight excluding hydrogens is 390 g/mol. The van der Waals surface area contributed by atoms with Gasteiger partial charge in [0.1, 0.15) is 11.5 Å². The van der Waals surface area contributed by atoms with Crippen molar-refractivity contribution in [2.75, 3.05) is 17.9 Å². The van der Waals surface area contributed by atoms with E-state index in [0.717, 1.165) is 0 Å². The number of aryl methyl sites for hydroxylation is 1. The van der Waals surface area contributed by atoms with Crippen molar-refractivity contribution in [2.24, 2.45) is 0 Å². The van der Waals surface area contributed by atoms with E-state index in [1.54, 1.807) is 24.4 Å². The monoisotopic (exact) mass is 409 g/mol. The molecule has 0 saturated heterocycles. The predicted octanol–water partition coefficient (Wildman–Crippen LogP) is 2.66. The van der Waals surface area contributed by atoms with Crippen molar-refractivity contribution < 1.29 is 17.9 Å². The van der Waals surface area contributed by atoms with Crippen LogP contribution in [0.2, 0.25) is 0 Å². The van der Waals surface area contributed by atoms with Gasteiger partial charge in [-0.25, -0.2) is 13.4 Å². The quantitative estimate of drug-likeness (QED) is 0.644. The second kappa shape index (κ2) is 7.57. The van der Waals surface area contributed by atoms with Gasteiger partial charge in [-0.1, -0.05) is 0 Å². The van der Waals surface area contributed by atoms with Gasteiger partial charge in [-0.05, 0) is 32.9 Å². The maximum absolute atomic E-state index is 13.0. The first-order valence-electron chi connectivity index (χ1n) is 8.26.